The van der Waals surface area contributed by atoms with Gasteiger partial charge in [-0.3, -0.25) is 4.90 Å². The van der Waals surface area contributed by atoms with Crippen molar-refractivity contribution in [3.8, 4) is 0 Å². The van der Waals surface area contributed by atoms with Gasteiger partial charge in [-0.15, -0.1) is 0 Å². The molecule has 1 aliphatic heterocycles. The van der Waals surface area contributed by atoms with Crippen LogP contribution in [0.15, 0.2) is 22.7 Å². The van der Waals surface area contributed by atoms with Gasteiger partial charge in [-0.2, -0.15) is 0 Å². The van der Waals surface area contributed by atoms with E-state index in [2.05, 4.69) is 26.9 Å². The van der Waals surface area contributed by atoms with Gasteiger partial charge in [0.1, 0.15) is 0 Å². The van der Waals surface area contributed by atoms with Crippen LogP contribution in [0, 0.1) is 0 Å². The molecule has 1 unspecified atom stereocenters. The number of nitrogens with two attached hydrogens (primary N) is 1. The van der Waals surface area contributed by atoms with Gasteiger partial charge in [0.15, 0.2) is 0 Å². The first-order chi connectivity index (χ1) is 8.72. The van der Waals surface area contributed by atoms with E-state index in [9.17, 15) is 0 Å². The molecule has 1 aromatic carbocycles. The van der Waals surface area contributed by atoms with Crippen LogP contribution < -0.4 is 5.73 Å². The number of benzene rings is 1. The molecule has 5 heteroatoms. The Hall–Kier alpha value is -0.130. The number of hydrogen-bond donors (Lipinski definition) is 1. The van der Waals surface area contributed by atoms with Crippen molar-refractivity contribution in [2.24, 2.45) is 5.73 Å². The Morgan fingerprint density at radius 3 is 3.00 bits per heavy atom. The molecule has 0 aliphatic carbocycles. The summed E-state index contributed by atoms with van der Waals surface area (Å²) < 4.78 is 6.52. The van der Waals surface area contributed by atoms with Gasteiger partial charge in [-0.05, 0) is 30.2 Å². The van der Waals surface area contributed by atoms with E-state index < -0.39 is 0 Å². The predicted molar refractivity (Wildman–Crippen MR) is 78.0 cm³/mol. The lowest BCUT2D eigenvalue weighted by Crippen LogP contribution is -2.35. The summed E-state index contributed by atoms with van der Waals surface area (Å²) in [5.41, 5.74) is 7.04. The Morgan fingerprint density at radius 1 is 1.39 bits per heavy atom. The molecule has 1 saturated heterocycles. The van der Waals surface area contributed by atoms with Crippen LogP contribution in [-0.2, 0) is 4.74 Å². The molecule has 0 spiro atoms. The van der Waals surface area contributed by atoms with Crippen molar-refractivity contribution in [1.82, 2.24) is 4.90 Å². The smallest absolute Gasteiger partial charge is 0.0593 e. The number of rotatable bonds is 3. The first-order valence-electron chi connectivity index (χ1n) is 6.19. The van der Waals surface area contributed by atoms with E-state index in [-0.39, 0.29) is 6.04 Å². The quantitative estimate of drug-likeness (QED) is 0.924. The summed E-state index contributed by atoms with van der Waals surface area (Å²) in [5.74, 6) is 0. The van der Waals surface area contributed by atoms with E-state index in [0.29, 0.717) is 6.54 Å². The van der Waals surface area contributed by atoms with Crippen LogP contribution in [0.4, 0.5) is 0 Å². The number of nitrogens with zero attached hydrogens (tertiary/aromatic N) is 1. The standard InChI is InChI=1S/C13H18BrClN2O/c14-10-2-3-12(15)11(8-10)13(9-16)17-4-1-6-18-7-5-17/h2-3,8,13H,1,4-7,9,16H2. The van der Waals surface area contributed by atoms with E-state index in [1.165, 1.54) is 0 Å². The Morgan fingerprint density at radius 2 is 2.22 bits per heavy atom. The van der Waals surface area contributed by atoms with Crippen molar-refractivity contribution in [2.75, 3.05) is 32.8 Å². The molecular formula is C13H18BrClN2O. The monoisotopic (exact) mass is 332 g/mol. The normalized spacial score (nSPS) is 19.5. The van der Waals surface area contributed by atoms with Gasteiger partial charge < -0.3 is 10.5 Å². The van der Waals surface area contributed by atoms with E-state index in [4.69, 9.17) is 22.1 Å². The maximum absolute atomic E-state index is 6.30. The van der Waals surface area contributed by atoms with Crippen molar-refractivity contribution >= 4 is 27.5 Å². The molecule has 0 amide bonds. The molecule has 1 atom stereocenters. The molecule has 1 heterocycles. The SMILES string of the molecule is NCC(c1cc(Br)ccc1Cl)N1CCCOCC1. The third-order valence-corrected chi connectivity index (χ3v) is 4.08. The van der Waals surface area contributed by atoms with Gasteiger partial charge in [0.2, 0.25) is 0 Å². The summed E-state index contributed by atoms with van der Waals surface area (Å²) in [4.78, 5) is 2.36. The highest BCUT2D eigenvalue weighted by molar-refractivity contribution is 9.10. The maximum atomic E-state index is 6.30. The summed E-state index contributed by atoms with van der Waals surface area (Å²) >= 11 is 9.79. The highest BCUT2D eigenvalue weighted by Crippen LogP contribution is 2.30. The minimum absolute atomic E-state index is 0.164. The molecule has 0 bridgehead atoms. The highest BCUT2D eigenvalue weighted by Gasteiger charge is 2.22. The van der Waals surface area contributed by atoms with Gasteiger partial charge in [-0.25, -0.2) is 0 Å². The molecule has 1 aliphatic rings. The zero-order chi connectivity index (χ0) is 13.0. The molecule has 0 saturated carbocycles. The van der Waals surface area contributed by atoms with Crippen LogP contribution in [0.5, 0.6) is 0 Å². The molecule has 2 rings (SSSR count). The van der Waals surface area contributed by atoms with E-state index >= 15 is 0 Å². The highest BCUT2D eigenvalue weighted by atomic mass is 79.9. The fraction of sp³-hybridized carbons (Fsp3) is 0.538. The second-order valence-corrected chi connectivity index (χ2v) is 5.74. The van der Waals surface area contributed by atoms with E-state index in [0.717, 1.165) is 47.8 Å². The van der Waals surface area contributed by atoms with Crippen molar-refractivity contribution in [3.63, 3.8) is 0 Å². The molecule has 0 aromatic heterocycles. The molecule has 1 aromatic rings. The summed E-state index contributed by atoms with van der Waals surface area (Å²) in [6, 6.07) is 6.09. The largest absolute Gasteiger partial charge is 0.380 e. The topological polar surface area (TPSA) is 38.5 Å². The van der Waals surface area contributed by atoms with Crippen LogP contribution in [0.25, 0.3) is 0 Å². The minimum Gasteiger partial charge on any atom is -0.380 e. The van der Waals surface area contributed by atoms with Gasteiger partial charge in [0.25, 0.3) is 0 Å². The first-order valence-corrected chi connectivity index (χ1v) is 7.36. The number of hydrogen-bond acceptors (Lipinski definition) is 3. The van der Waals surface area contributed by atoms with E-state index in [1.807, 2.05) is 12.1 Å². The Labute approximate surface area is 121 Å². The Balaban J connectivity index is 2.23. The second-order valence-electron chi connectivity index (χ2n) is 4.42. The van der Waals surface area contributed by atoms with Gasteiger partial charge in [-0.1, -0.05) is 27.5 Å². The molecule has 1 fully saturated rings. The maximum Gasteiger partial charge on any atom is 0.0593 e. The Kier molecular flexibility index (Phi) is 5.45. The fourth-order valence-corrected chi connectivity index (χ4v) is 2.94. The summed E-state index contributed by atoms with van der Waals surface area (Å²) in [7, 11) is 0. The molecule has 3 nitrogen and oxygen atoms in total. The van der Waals surface area contributed by atoms with Crippen LogP contribution in [0.2, 0.25) is 5.02 Å². The zero-order valence-corrected chi connectivity index (χ0v) is 12.6. The van der Waals surface area contributed by atoms with Crippen LogP contribution >= 0.6 is 27.5 Å². The van der Waals surface area contributed by atoms with Crippen molar-refractivity contribution < 1.29 is 4.74 Å². The van der Waals surface area contributed by atoms with Crippen LogP contribution in [0.1, 0.15) is 18.0 Å². The lowest BCUT2D eigenvalue weighted by molar-refractivity contribution is 0.132. The molecule has 0 radical (unpaired) electrons. The zero-order valence-electron chi connectivity index (χ0n) is 10.2. The molecule has 2 N–H and O–H groups in total. The molecule has 18 heavy (non-hydrogen) atoms. The first kappa shape index (κ1) is 14.3. The lowest BCUT2D eigenvalue weighted by atomic mass is 10.0. The van der Waals surface area contributed by atoms with Crippen molar-refractivity contribution in [2.45, 2.75) is 12.5 Å². The fourth-order valence-electron chi connectivity index (χ4n) is 2.32. The second kappa shape index (κ2) is 6.87. The number of halogens is 2. The van der Waals surface area contributed by atoms with E-state index in [1.54, 1.807) is 0 Å². The molecular weight excluding hydrogens is 316 g/mol. The van der Waals surface area contributed by atoms with Gasteiger partial charge in [0.05, 0.1) is 6.61 Å². The van der Waals surface area contributed by atoms with Crippen molar-refractivity contribution in [1.29, 1.82) is 0 Å². The average molecular weight is 334 g/mol. The third-order valence-electron chi connectivity index (χ3n) is 3.24. The third kappa shape index (κ3) is 3.45. The predicted octanol–water partition coefficient (Wildman–Crippen LogP) is 2.82. The summed E-state index contributed by atoms with van der Waals surface area (Å²) in [6.07, 6.45) is 1.04. The van der Waals surface area contributed by atoms with Crippen molar-refractivity contribution in [3.05, 3.63) is 33.3 Å². The van der Waals surface area contributed by atoms with Crippen LogP contribution in [-0.4, -0.2) is 37.7 Å². The Bertz CT molecular complexity index is 395. The average Bonchev–Trinajstić information content (AvgIpc) is 2.64. The summed E-state index contributed by atoms with van der Waals surface area (Å²) in [5, 5.41) is 0.777. The van der Waals surface area contributed by atoms with Gasteiger partial charge >= 0.3 is 0 Å². The lowest BCUT2D eigenvalue weighted by Gasteiger charge is -2.30. The number of ether oxygens (including phenoxy) is 1. The summed E-state index contributed by atoms with van der Waals surface area (Å²) in [6.45, 7) is 4.08. The van der Waals surface area contributed by atoms with Gasteiger partial charge in [0, 0.05) is 41.8 Å². The minimum atomic E-state index is 0.164. The van der Waals surface area contributed by atoms with Crippen LogP contribution in [0.3, 0.4) is 0 Å². The molecule has 100 valence electrons.